The Bertz CT molecular complexity index is 1120. The van der Waals surface area contributed by atoms with Crippen LogP contribution in [0.3, 0.4) is 0 Å². The summed E-state index contributed by atoms with van der Waals surface area (Å²) in [4.78, 5) is 15.6. The van der Waals surface area contributed by atoms with Gasteiger partial charge in [-0.25, -0.2) is 9.97 Å². The molecule has 148 valence electrons. The average molecular weight is 432 g/mol. The molecule has 0 saturated carbocycles. The first kappa shape index (κ1) is 19.7. The molecule has 0 aliphatic carbocycles. The van der Waals surface area contributed by atoms with E-state index in [4.69, 9.17) is 11.6 Å². The molecule has 0 radical (unpaired) electrons. The van der Waals surface area contributed by atoms with E-state index in [1.165, 1.54) is 21.5 Å². The van der Waals surface area contributed by atoms with Gasteiger partial charge in [0.15, 0.2) is 0 Å². The largest absolute Gasteiger partial charge is 0.366 e. The fraction of sp³-hybridized carbons (Fsp3) is 0.150. The summed E-state index contributed by atoms with van der Waals surface area (Å²) in [5.74, 6) is 0.692. The van der Waals surface area contributed by atoms with Crippen LogP contribution in [0.1, 0.15) is 22.4 Å². The van der Waals surface area contributed by atoms with Crippen molar-refractivity contribution in [2.75, 3.05) is 5.32 Å². The number of halogens is 3. The highest BCUT2D eigenvalue weighted by Gasteiger charge is 2.25. The molecular formula is C20H17ClF2N5P. The fourth-order valence-electron chi connectivity index (χ4n) is 2.95. The number of hydrogen-bond donors (Lipinski definition) is 2. The zero-order chi connectivity index (χ0) is 20.4. The molecule has 2 N–H and O–H groups in total. The number of fused-ring (bicyclic) bond motifs is 1. The lowest BCUT2D eigenvalue weighted by Gasteiger charge is -2.10. The van der Waals surface area contributed by atoms with Crippen LogP contribution < -0.4 is 5.32 Å². The summed E-state index contributed by atoms with van der Waals surface area (Å²) < 4.78 is 26.4. The molecule has 9 heteroatoms. The van der Waals surface area contributed by atoms with E-state index < -0.39 is 5.66 Å². The monoisotopic (exact) mass is 431 g/mol. The van der Waals surface area contributed by atoms with Crippen LogP contribution >= 0.6 is 20.8 Å². The van der Waals surface area contributed by atoms with Gasteiger partial charge in [-0.1, -0.05) is 33.0 Å². The zero-order valence-electron chi connectivity index (χ0n) is 15.2. The van der Waals surface area contributed by atoms with E-state index >= 15 is 0 Å². The van der Waals surface area contributed by atoms with Crippen LogP contribution in [0, 0.1) is 0 Å². The molecule has 1 atom stereocenters. The second-order valence-corrected chi connectivity index (χ2v) is 7.78. The molecule has 0 spiro atoms. The van der Waals surface area contributed by atoms with Gasteiger partial charge in [-0.3, -0.25) is 4.98 Å². The third kappa shape index (κ3) is 4.69. The molecule has 29 heavy (non-hydrogen) atoms. The van der Waals surface area contributed by atoms with Gasteiger partial charge in [-0.15, -0.1) is 0 Å². The number of aromatic nitrogens is 4. The Morgan fingerprint density at radius 2 is 1.83 bits per heavy atom. The van der Waals surface area contributed by atoms with Gasteiger partial charge in [0, 0.05) is 43.1 Å². The average Bonchev–Trinajstić information content (AvgIpc) is 3.09. The Kier molecular flexibility index (Phi) is 5.43. The van der Waals surface area contributed by atoms with E-state index in [2.05, 4.69) is 25.3 Å². The van der Waals surface area contributed by atoms with Crippen LogP contribution in [0.4, 0.5) is 14.6 Å². The summed E-state index contributed by atoms with van der Waals surface area (Å²) in [5, 5.41) is 4.75. The van der Waals surface area contributed by atoms with Crippen LogP contribution in [-0.2, 0) is 18.6 Å². The summed E-state index contributed by atoms with van der Waals surface area (Å²) >= 11 is 6.05. The van der Waals surface area contributed by atoms with Crippen molar-refractivity contribution < 1.29 is 8.78 Å². The molecule has 0 aromatic carbocycles. The smallest absolute Gasteiger partial charge is 0.300 e. The summed E-state index contributed by atoms with van der Waals surface area (Å²) in [7, 11) is 1.48. The number of hydrogen-bond acceptors (Lipinski definition) is 4. The van der Waals surface area contributed by atoms with E-state index in [1.54, 1.807) is 18.5 Å². The molecule has 0 aliphatic heterocycles. The van der Waals surface area contributed by atoms with Gasteiger partial charge in [-0.05, 0) is 34.9 Å². The molecule has 0 fully saturated rings. The van der Waals surface area contributed by atoms with Crippen molar-refractivity contribution in [3.05, 3.63) is 82.5 Å². The predicted molar refractivity (Wildman–Crippen MR) is 113 cm³/mol. The minimum atomic E-state index is -3.02. The van der Waals surface area contributed by atoms with Crippen LogP contribution in [0.5, 0.6) is 0 Å². The maximum Gasteiger partial charge on any atom is 0.300 e. The van der Waals surface area contributed by atoms with Crippen molar-refractivity contribution in [2.24, 2.45) is 0 Å². The Morgan fingerprint density at radius 1 is 1.03 bits per heavy atom. The van der Waals surface area contributed by atoms with Gasteiger partial charge in [0.05, 0.1) is 5.02 Å². The number of nitrogens with zero attached hydrogens (tertiary/aromatic N) is 3. The molecule has 4 aromatic heterocycles. The van der Waals surface area contributed by atoms with Gasteiger partial charge < -0.3 is 10.3 Å². The van der Waals surface area contributed by atoms with Crippen LogP contribution in [-0.4, -0.2) is 19.9 Å². The molecule has 0 amide bonds. The number of rotatable bonds is 6. The highest BCUT2D eigenvalue weighted by Crippen LogP contribution is 2.33. The molecule has 4 aromatic rings. The van der Waals surface area contributed by atoms with E-state index in [0.717, 1.165) is 27.7 Å². The molecule has 0 saturated heterocycles. The maximum atomic E-state index is 13.2. The third-order valence-corrected chi connectivity index (χ3v) is 4.95. The number of pyridine rings is 3. The zero-order valence-corrected chi connectivity index (χ0v) is 17.1. The summed E-state index contributed by atoms with van der Waals surface area (Å²) in [6.45, 7) is 0.439. The molecule has 5 nitrogen and oxygen atoms in total. The van der Waals surface area contributed by atoms with Crippen LogP contribution in [0.2, 0.25) is 5.02 Å². The fourth-order valence-corrected chi connectivity index (χ4v) is 3.28. The number of aromatic amines is 1. The molecule has 0 aliphatic rings. The first-order chi connectivity index (χ1) is 13.9. The van der Waals surface area contributed by atoms with Gasteiger partial charge in [0.25, 0.3) is 5.66 Å². The summed E-state index contributed by atoms with van der Waals surface area (Å²) in [5.41, 5.74) is 0.434. The Labute approximate surface area is 173 Å². The molecule has 1 unspecified atom stereocenters. The van der Waals surface area contributed by atoms with Crippen molar-refractivity contribution in [2.45, 2.75) is 18.6 Å². The third-order valence-electron chi connectivity index (χ3n) is 4.44. The molecule has 4 rings (SSSR count). The summed E-state index contributed by atoms with van der Waals surface area (Å²) in [6, 6.07) is 8.71. The Hall–Kier alpha value is -2.63. The van der Waals surface area contributed by atoms with Crippen LogP contribution in [0.25, 0.3) is 11.0 Å². The highest BCUT2D eigenvalue weighted by atomic mass is 35.5. The van der Waals surface area contributed by atoms with Crippen molar-refractivity contribution in [3.63, 3.8) is 0 Å². The minimum Gasteiger partial charge on any atom is -0.366 e. The first-order valence-electron chi connectivity index (χ1n) is 8.81. The lowest BCUT2D eigenvalue weighted by atomic mass is 10.1. The van der Waals surface area contributed by atoms with Gasteiger partial charge in [0.2, 0.25) is 0 Å². The van der Waals surface area contributed by atoms with Crippen molar-refractivity contribution in [1.82, 2.24) is 19.9 Å². The van der Waals surface area contributed by atoms with Crippen molar-refractivity contribution in [3.8, 4) is 0 Å². The standard InChI is InChI=1S/C20H17ClF2N5P/c21-15-6-16-14(10-27-19(16)28-11-15)5-12-2-4-18(25-7-12)26-9-13-1-3-17(24-8-13)20(22,23)29/h1-4,6-8,10-11H,5,9,29H2,(H,25,26)(H,27,28). The maximum absolute atomic E-state index is 13.2. The van der Waals surface area contributed by atoms with Crippen molar-refractivity contribution >= 4 is 37.7 Å². The quantitative estimate of drug-likeness (QED) is 0.415. The second-order valence-electron chi connectivity index (χ2n) is 6.62. The SMILES string of the molecule is FC(F)(P)c1ccc(CNc2ccc(Cc3c[nH]c4ncc(Cl)cc34)cn2)cn1. The summed E-state index contributed by atoms with van der Waals surface area (Å²) in [6.07, 6.45) is 7.47. The van der Waals surface area contributed by atoms with Crippen molar-refractivity contribution in [1.29, 1.82) is 0 Å². The van der Waals surface area contributed by atoms with Gasteiger partial charge in [0.1, 0.15) is 17.2 Å². The van der Waals surface area contributed by atoms with E-state index in [1.807, 2.05) is 24.4 Å². The Morgan fingerprint density at radius 3 is 2.52 bits per heavy atom. The highest BCUT2D eigenvalue weighted by molar-refractivity contribution is 7.17. The second kappa shape index (κ2) is 8.01. The predicted octanol–water partition coefficient (Wildman–Crippen LogP) is 5.13. The number of anilines is 1. The molecular weight excluding hydrogens is 415 g/mol. The normalized spacial score (nSPS) is 11.7. The van der Waals surface area contributed by atoms with Crippen LogP contribution in [0.15, 0.2) is 55.1 Å². The molecule has 4 heterocycles. The minimum absolute atomic E-state index is 0.275. The number of H-pyrrole nitrogens is 1. The lowest BCUT2D eigenvalue weighted by Crippen LogP contribution is -2.07. The van der Waals surface area contributed by atoms with E-state index in [0.29, 0.717) is 23.8 Å². The topological polar surface area (TPSA) is 66.5 Å². The number of alkyl halides is 2. The number of nitrogens with one attached hydrogen (secondary N) is 2. The Balaban J connectivity index is 1.39. The molecule has 0 bridgehead atoms. The lowest BCUT2D eigenvalue weighted by molar-refractivity contribution is 0.0986. The van der Waals surface area contributed by atoms with E-state index in [9.17, 15) is 8.78 Å². The van der Waals surface area contributed by atoms with Gasteiger partial charge in [-0.2, -0.15) is 8.78 Å². The van der Waals surface area contributed by atoms with Gasteiger partial charge >= 0.3 is 0 Å². The first-order valence-corrected chi connectivity index (χ1v) is 9.76. The van der Waals surface area contributed by atoms with E-state index in [-0.39, 0.29) is 5.69 Å².